The van der Waals surface area contributed by atoms with E-state index in [0.29, 0.717) is 18.2 Å². The number of rotatable bonds is 3. The predicted molar refractivity (Wildman–Crippen MR) is 63.4 cm³/mol. The molecule has 1 aliphatic carbocycles. The summed E-state index contributed by atoms with van der Waals surface area (Å²) in [6.45, 7) is 6.57. The van der Waals surface area contributed by atoms with Crippen molar-refractivity contribution in [2.75, 3.05) is 0 Å². The SMILES string of the molecule is Cc1nn(CC(=O)C2CCCC2)c(C)c1C. The van der Waals surface area contributed by atoms with Crippen molar-refractivity contribution >= 4 is 5.78 Å². The summed E-state index contributed by atoms with van der Waals surface area (Å²) in [5.41, 5.74) is 3.37. The normalized spacial score (nSPS) is 16.9. The molecule has 0 atom stereocenters. The molecule has 88 valence electrons. The van der Waals surface area contributed by atoms with Gasteiger partial charge in [-0.25, -0.2) is 0 Å². The highest BCUT2D eigenvalue weighted by atomic mass is 16.1. The van der Waals surface area contributed by atoms with Gasteiger partial charge in [-0.2, -0.15) is 5.10 Å². The van der Waals surface area contributed by atoms with E-state index in [2.05, 4.69) is 12.0 Å². The van der Waals surface area contributed by atoms with E-state index >= 15 is 0 Å². The molecule has 1 heterocycles. The zero-order chi connectivity index (χ0) is 11.7. The van der Waals surface area contributed by atoms with Crippen molar-refractivity contribution in [2.24, 2.45) is 5.92 Å². The highest BCUT2D eigenvalue weighted by Gasteiger charge is 2.23. The van der Waals surface area contributed by atoms with Crippen molar-refractivity contribution in [1.29, 1.82) is 0 Å². The van der Waals surface area contributed by atoms with Gasteiger partial charge in [-0.1, -0.05) is 12.8 Å². The smallest absolute Gasteiger partial charge is 0.157 e. The monoisotopic (exact) mass is 220 g/mol. The van der Waals surface area contributed by atoms with Gasteiger partial charge in [-0.3, -0.25) is 9.48 Å². The lowest BCUT2D eigenvalue weighted by Gasteiger charge is -2.09. The summed E-state index contributed by atoms with van der Waals surface area (Å²) < 4.78 is 1.87. The molecule has 0 amide bonds. The average Bonchev–Trinajstić information content (AvgIpc) is 2.85. The number of hydrogen-bond donors (Lipinski definition) is 0. The van der Waals surface area contributed by atoms with Gasteiger partial charge in [0.25, 0.3) is 0 Å². The van der Waals surface area contributed by atoms with Crippen LogP contribution in [0.2, 0.25) is 0 Å². The number of Topliss-reactive ketones (excluding diaryl/α,β-unsaturated/α-hetero) is 1. The van der Waals surface area contributed by atoms with Crippen molar-refractivity contribution in [3.63, 3.8) is 0 Å². The number of hydrogen-bond acceptors (Lipinski definition) is 2. The van der Waals surface area contributed by atoms with E-state index < -0.39 is 0 Å². The van der Waals surface area contributed by atoms with Gasteiger partial charge in [0, 0.05) is 11.6 Å². The van der Waals surface area contributed by atoms with E-state index in [1.165, 1.54) is 18.4 Å². The minimum absolute atomic E-state index is 0.296. The molecule has 1 aromatic heterocycles. The second kappa shape index (κ2) is 4.40. The quantitative estimate of drug-likeness (QED) is 0.784. The largest absolute Gasteiger partial charge is 0.297 e. The molecule has 0 N–H and O–H groups in total. The first kappa shape index (κ1) is 11.4. The third-order valence-corrected chi connectivity index (χ3v) is 3.86. The Morgan fingerprint density at radius 1 is 1.31 bits per heavy atom. The molecule has 1 aromatic rings. The lowest BCUT2D eigenvalue weighted by atomic mass is 10.0. The molecule has 16 heavy (non-hydrogen) atoms. The molecule has 0 unspecified atom stereocenters. The Labute approximate surface area is 96.8 Å². The van der Waals surface area contributed by atoms with Gasteiger partial charge in [0.05, 0.1) is 5.69 Å². The Balaban J connectivity index is 2.08. The van der Waals surface area contributed by atoms with Crippen LogP contribution < -0.4 is 0 Å². The van der Waals surface area contributed by atoms with Gasteiger partial charge in [0.15, 0.2) is 5.78 Å². The Morgan fingerprint density at radius 3 is 2.44 bits per heavy atom. The number of aryl methyl sites for hydroxylation is 1. The Kier molecular flexibility index (Phi) is 3.13. The minimum atomic E-state index is 0.296. The predicted octanol–water partition coefficient (Wildman–Crippen LogP) is 2.57. The molecule has 3 heteroatoms. The van der Waals surface area contributed by atoms with Crippen LogP contribution in [0.1, 0.15) is 42.6 Å². The van der Waals surface area contributed by atoms with Crippen LogP contribution in [0.15, 0.2) is 0 Å². The van der Waals surface area contributed by atoms with Gasteiger partial charge in [-0.05, 0) is 39.2 Å². The first-order chi connectivity index (χ1) is 7.59. The minimum Gasteiger partial charge on any atom is -0.297 e. The van der Waals surface area contributed by atoms with Crippen LogP contribution in [-0.2, 0) is 11.3 Å². The molecule has 1 saturated carbocycles. The molecule has 2 rings (SSSR count). The van der Waals surface area contributed by atoms with E-state index in [1.807, 2.05) is 18.5 Å². The summed E-state index contributed by atoms with van der Waals surface area (Å²) >= 11 is 0. The number of carbonyl (C=O) groups excluding carboxylic acids is 1. The Bertz CT molecular complexity index is 400. The van der Waals surface area contributed by atoms with Gasteiger partial charge in [0.2, 0.25) is 0 Å². The highest BCUT2D eigenvalue weighted by Crippen LogP contribution is 2.26. The molecule has 0 bridgehead atoms. The Morgan fingerprint density at radius 2 is 1.94 bits per heavy atom. The molecule has 3 nitrogen and oxygen atoms in total. The van der Waals surface area contributed by atoms with Crippen molar-refractivity contribution in [3.8, 4) is 0 Å². The van der Waals surface area contributed by atoms with Crippen molar-refractivity contribution in [1.82, 2.24) is 9.78 Å². The molecule has 1 aliphatic rings. The van der Waals surface area contributed by atoms with Crippen LogP contribution in [0.5, 0.6) is 0 Å². The van der Waals surface area contributed by atoms with Crippen molar-refractivity contribution < 1.29 is 4.79 Å². The summed E-state index contributed by atoms with van der Waals surface area (Å²) in [4.78, 5) is 12.0. The van der Waals surface area contributed by atoms with Crippen LogP contribution in [0, 0.1) is 26.7 Å². The summed E-state index contributed by atoms with van der Waals surface area (Å²) in [5, 5.41) is 4.42. The first-order valence-electron chi connectivity index (χ1n) is 6.13. The molecule has 0 aliphatic heterocycles. The molecule has 0 radical (unpaired) electrons. The fourth-order valence-corrected chi connectivity index (χ4v) is 2.46. The number of aromatic nitrogens is 2. The molecule has 0 aromatic carbocycles. The fraction of sp³-hybridized carbons (Fsp3) is 0.692. The van der Waals surface area contributed by atoms with E-state index in [-0.39, 0.29) is 0 Å². The topological polar surface area (TPSA) is 34.9 Å². The van der Waals surface area contributed by atoms with Crippen molar-refractivity contribution in [2.45, 2.75) is 53.0 Å². The number of carbonyl (C=O) groups is 1. The zero-order valence-corrected chi connectivity index (χ0v) is 10.4. The van der Waals surface area contributed by atoms with Crippen LogP contribution in [0.25, 0.3) is 0 Å². The zero-order valence-electron chi connectivity index (χ0n) is 10.4. The third kappa shape index (κ3) is 2.04. The molecular formula is C13H20N2O. The second-order valence-electron chi connectivity index (χ2n) is 4.90. The van der Waals surface area contributed by atoms with Gasteiger partial charge in [-0.15, -0.1) is 0 Å². The van der Waals surface area contributed by atoms with E-state index in [9.17, 15) is 4.79 Å². The lowest BCUT2D eigenvalue weighted by molar-refractivity contribution is -0.123. The maximum atomic E-state index is 12.0. The van der Waals surface area contributed by atoms with E-state index in [0.717, 1.165) is 24.2 Å². The summed E-state index contributed by atoms with van der Waals surface area (Å²) in [5.74, 6) is 0.660. The van der Waals surface area contributed by atoms with Crippen molar-refractivity contribution in [3.05, 3.63) is 17.0 Å². The molecule has 1 fully saturated rings. The maximum Gasteiger partial charge on any atom is 0.157 e. The van der Waals surface area contributed by atoms with Crippen LogP contribution in [0.4, 0.5) is 0 Å². The molecule has 0 spiro atoms. The fourth-order valence-electron chi connectivity index (χ4n) is 2.46. The number of ketones is 1. The van der Waals surface area contributed by atoms with Gasteiger partial charge >= 0.3 is 0 Å². The molecule has 0 saturated heterocycles. The Hall–Kier alpha value is -1.12. The highest BCUT2D eigenvalue weighted by molar-refractivity contribution is 5.81. The van der Waals surface area contributed by atoms with Gasteiger partial charge in [0.1, 0.15) is 6.54 Å². The van der Waals surface area contributed by atoms with Crippen LogP contribution >= 0.6 is 0 Å². The average molecular weight is 220 g/mol. The summed E-state index contributed by atoms with van der Waals surface area (Å²) in [6, 6.07) is 0. The van der Waals surface area contributed by atoms with Gasteiger partial charge < -0.3 is 0 Å². The van der Waals surface area contributed by atoms with E-state index in [1.54, 1.807) is 0 Å². The van der Waals surface area contributed by atoms with Crippen LogP contribution in [-0.4, -0.2) is 15.6 Å². The maximum absolute atomic E-state index is 12.0. The van der Waals surface area contributed by atoms with E-state index in [4.69, 9.17) is 0 Å². The summed E-state index contributed by atoms with van der Waals surface area (Å²) in [6.07, 6.45) is 4.59. The first-order valence-corrected chi connectivity index (χ1v) is 6.13. The third-order valence-electron chi connectivity index (χ3n) is 3.86. The molecular weight excluding hydrogens is 200 g/mol. The lowest BCUT2D eigenvalue weighted by Crippen LogP contribution is -2.19. The second-order valence-corrected chi connectivity index (χ2v) is 4.90. The number of nitrogens with zero attached hydrogens (tertiary/aromatic N) is 2. The standard InChI is InChI=1S/C13H20N2O/c1-9-10(2)14-15(11(9)3)8-13(16)12-6-4-5-7-12/h12H,4-8H2,1-3H3. The summed E-state index contributed by atoms with van der Waals surface area (Å²) in [7, 11) is 0. The van der Waals surface area contributed by atoms with Crippen LogP contribution in [0.3, 0.4) is 0 Å².